The molecule has 0 radical (unpaired) electrons. The second-order valence-electron chi connectivity index (χ2n) is 8.52. The molecule has 2 N–H and O–H groups in total. The van der Waals surface area contributed by atoms with E-state index in [1.54, 1.807) is 11.6 Å². The Labute approximate surface area is 199 Å². The van der Waals surface area contributed by atoms with E-state index in [4.69, 9.17) is 0 Å². The van der Waals surface area contributed by atoms with Gasteiger partial charge in [0.1, 0.15) is 23.8 Å². The van der Waals surface area contributed by atoms with Gasteiger partial charge in [-0.3, -0.25) is 4.79 Å². The predicted molar refractivity (Wildman–Crippen MR) is 122 cm³/mol. The number of carbonyl (C=O) groups excluding carboxylic acids is 1. The molecule has 0 spiro atoms. The van der Waals surface area contributed by atoms with Gasteiger partial charge in [0.25, 0.3) is 0 Å². The van der Waals surface area contributed by atoms with Crippen LogP contribution in [0.3, 0.4) is 0 Å². The van der Waals surface area contributed by atoms with Crippen LogP contribution >= 0.6 is 0 Å². The Morgan fingerprint density at radius 2 is 1.91 bits per heavy atom. The van der Waals surface area contributed by atoms with E-state index < -0.39 is 6.36 Å². The van der Waals surface area contributed by atoms with Crippen LogP contribution in [0.2, 0.25) is 0 Å². The van der Waals surface area contributed by atoms with Gasteiger partial charge in [-0.25, -0.2) is 14.6 Å². The molecule has 1 atom stereocenters. The third kappa shape index (κ3) is 5.61. The minimum absolute atomic E-state index is 0.0836. The lowest BCUT2D eigenvalue weighted by atomic mass is 9.99. The first-order valence-electron chi connectivity index (χ1n) is 10.9. The molecule has 35 heavy (non-hydrogen) atoms. The first-order chi connectivity index (χ1) is 16.5. The number of carbonyl (C=O) groups is 1. The molecule has 1 aliphatic heterocycles. The van der Waals surface area contributed by atoms with Gasteiger partial charge < -0.3 is 20.3 Å². The summed E-state index contributed by atoms with van der Waals surface area (Å²) in [6, 6.07) is 5.23. The third-order valence-corrected chi connectivity index (χ3v) is 5.46. The standard InChI is InChI=1S/C22H25F3N8O2/c1-12(2)18-20(34)29-17-13(3)28-21(30-19(17)32(18)4)26-9-16-27-11-33(31-16)10-14-5-7-15(8-6-14)35-22(23,24)25/h5-8,11-12,18H,9-10H2,1-4H3,(H,29,34)(H,26,28,30). The summed E-state index contributed by atoms with van der Waals surface area (Å²) in [4.78, 5) is 27.6. The molecular formula is C22H25F3N8O2. The Bertz CT molecular complexity index is 1210. The summed E-state index contributed by atoms with van der Waals surface area (Å²) in [5.41, 5.74) is 1.97. The Morgan fingerprint density at radius 3 is 2.57 bits per heavy atom. The second-order valence-corrected chi connectivity index (χ2v) is 8.52. The number of amides is 1. The first-order valence-corrected chi connectivity index (χ1v) is 10.9. The molecule has 1 amide bonds. The molecule has 3 heterocycles. The number of hydrogen-bond donors (Lipinski definition) is 2. The topological polar surface area (TPSA) is 110 Å². The number of halogens is 3. The summed E-state index contributed by atoms with van der Waals surface area (Å²) < 4.78 is 42.3. The average Bonchev–Trinajstić information content (AvgIpc) is 3.20. The molecular weight excluding hydrogens is 465 g/mol. The molecule has 13 heteroatoms. The highest BCUT2D eigenvalue weighted by Crippen LogP contribution is 2.34. The van der Waals surface area contributed by atoms with Gasteiger partial charge >= 0.3 is 6.36 Å². The number of aromatic nitrogens is 5. The number of fused-ring (bicyclic) bond motifs is 1. The Morgan fingerprint density at radius 1 is 1.20 bits per heavy atom. The van der Waals surface area contributed by atoms with Gasteiger partial charge in [-0.2, -0.15) is 10.1 Å². The number of benzene rings is 1. The number of aryl methyl sites for hydroxylation is 1. The van der Waals surface area contributed by atoms with Crippen molar-refractivity contribution in [2.45, 2.75) is 46.3 Å². The van der Waals surface area contributed by atoms with E-state index in [1.165, 1.54) is 30.6 Å². The Hall–Kier alpha value is -3.90. The van der Waals surface area contributed by atoms with Crippen molar-refractivity contribution >= 4 is 23.4 Å². The summed E-state index contributed by atoms with van der Waals surface area (Å²) in [6.45, 7) is 6.34. The number of nitrogens with zero attached hydrogens (tertiary/aromatic N) is 6. The van der Waals surface area contributed by atoms with Crippen molar-refractivity contribution in [1.82, 2.24) is 24.7 Å². The minimum Gasteiger partial charge on any atom is -0.406 e. The van der Waals surface area contributed by atoms with Crippen molar-refractivity contribution in [1.29, 1.82) is 0 Å². The largest absolute Gasteiger partial charge is 0.573 e. The molecule has 0 fully saturated rings. The lowest BCUT2D eigenvalue weighted by Crippen LogP contribution is -2.49. The fourth-order valence-electron chi connectivity index (χ4n) is 3.93. The van der Waals surface area contributed by atoms with Crippen molar-refractivity contribution in [2.75, 3.05) is 22.6 Å². The van der Waals surface area contributed by atoms with Crippen molar-refractivity contribution < 1.29 is 22.7 Å². The van der Waals surface area contributed by atoms with Crippen LogP contribution in [0.25, 0.3) is 0 Å². The molecule has 10 nitrogen and oxygen atoms in total. The predicted octanol–water partition coefficient (Wildman–Crippen LogP) is 3.35. The van der Waals surface area contributed by atoms with E-state index in [2.05, 4.69) is 35.4 Å². The Balaban J connectivity index is 1.40. The molecule has 0 aliphatic carbocycles. The molecule has 1 aromatic carbocycles. The van der Waals surface area contributed by atoms with Crippen molar-refractivity contribution in [2.24, 2.45) is 5.92 Å². The summed E-state index contributed by atoms with van der Waals surface area (Å²) >= 11 is 0. The van der Waals surface area contributed by atoms with E-state index in [-0.39, 0.29) is 30.2 Å². The summed E-state index contributed by atoms with van der Waals surface area (Å²) in [5.74, 6) is 1.23. The maximum atomic E-state index is 12.5. The lowest BCUT2D eigenvalue weighted by Gasteiger charge is -2.36. The highest BCUT2D eigenvalue weighted by atomic mass is 19.4. The molecule has 0 saturated heterocycles. The number of alkyl halides is 3. The van der Waals surface area contributed by atoms with Gasteiger partial charge in [-0.1, -0.05) is 26.0 Å². The van der Waals surface area contributed by atoms with Crippen LogP contribution in [0.15, 0.2) is 30.6 Å². The zero-order chi connectivity index (χ0) is 25.3. The smallest absolute Gasteiger partial charge is 0.406 e. The van der Waals surface area contributed by atoms with E-state index in [9.17, 15) is 18.0 Å². The number of anilines is 3. The quantitative estimate of drug-likeness (QED) is 0.519. The van der Waals surface area contributed by atoms with E-state index in [1.807, 2.05) is 25.8 Å². The zero-order valence-corrected chi connectivity index (χ0v) is 19.6. The molecule has 0 saturated carbocycles. The molecule has 1 unspecified atom stereocenters. The summed E-state index contributed by atoms with van der Waals surface area (Å²) in [5, 5.41) is 10.4. The van der Waals surface area contributed by atoms with Crippen LogP contribution in [0.4, 0.5) is 30.6 Å². The van der Waals surface area contributed by atoms with Crippen LogP contribution in [-0.2, 0) is 17.9 Å². The SMILES string of the molecule is Cc1nc(NCc2ncn(Cc3ccc(OC(F)(F)F)cc3)n2)nc2c1NC(=O)C(C(C)C)N2C. The maximum Gasteiger partial charge on any atom is 0.573 e. The van der Waals surface area contributed by atoms with E-state index in [0.29, 0.717) is 35.5 Å². The van der Waals surface area contributed by atoms with Gasteiger partial charge in [0, 0.05) is 7.05 Å². The van der Waals surface area contributed by atoms with Gasteiger partial charge in [0.15, 0.2) is 11.6 Å². The summed E-state index contributed by atoms with van der Waals surface area (Å²) in [7, 11) is 1.84. The van der Waals surface area contributed by atoms with Crippen LogP contribution in [0.1, 0.15) is 30.9 Å². The monoisotopic (exact) mass is 490 g/mol. The lowest BCUT2D eigenvalue weighted by molar-refractivity contribution is -0.274. The van der Waals surface area contributed by atoms with Crippen molar-refractivity contribution in [3.63, 3.8) is 0 Å². The molecule has 1 aliphatic rings. The van der Waals surface area contributed by atoms with Gasteiger partial charge in [-0.15, -0.1) is 13.2 Å². The van der Waals surface area contributed by atoms with Crippen LogP contribution in [-0.4, -0.2) is 50.1 Å². The van der Waals surface area contributed by atoms with E-state index >= 15 is 0 Å². The first kappa shape index (κ1) is 24.2. The van der Waals surface area contributed by atoms with Crippen LogP contribution < -0.4 is 20.3 Å². The van der Waals surface area contributed by atoms with Crippen LogP contribution in [0, 0.1) is 12.8 Å². The molecule has 0 bridgehead atoms. The fraction of sp³-hybridized carbons (Fsp3) is 0.409. The molecule has 2 aromatic heterocycles. The number of likely N-dealkylation sites (N-methyl/N-ethyl adjacent to an activating group) is 1. The van der Waals surface area contributed by atoms with Crippen LogP contribution in [0.5, 0.6) is 5.75 Å². The number of rotatable bonds is 7. The van der Waals surface area contributed by atoms with Gasteiger partial charge in [0.2, 0.25) is 11.9 Å². The Kier molecular flexibility index (Phi) is 6.50. The van der Waals surface area contributed by atoms with Gasteiger partial charge in [-0.05, 0) is 30.5 Å². The zero-order valence-electron chi connectivity index (χ0n) is 19.6. The minimum atomic E-state index is -4.73. The maximum absolute atomic E-state index is 12.5. The summed E-state index contributed by atoms with van der Waals surface area (Å²) in [6.07, 6.45) is -3.19. The molecule has 3 aromatic rings. The highest BCUT2D eigenvalue weighted by Gasteiger charge is 2.35. The average molecular weight is 490 g/mol. The van der Waals surface area contributed by atoms with Gasteiger partial charge in [0.05, 0.1) is 18.8 Å². The normalized spacial score (nSPS) is 15.7. The van der Waals surface area contributed by atoms with E-state index in [0.717, 1.165) is 5.56 Å². The molecule has 4 rings (SSSR count). The number of nitrogens with one attached hydrogen (secondary N) is 2. The number of hydrogen-bond acceptors (Lipinski definition) is 8. The number of ether oxygens (including phenoxy) is 1. The van der Waals surface area contributed by atoms with Crippen molar-refractivity contribution in [3.05, 3.63) is 47.7 Å². The second kappa shape index (κ2) is 9.39. The fourth-order valence-corrected chi connectivity index (χ4v) is 3.93. The highest BCUT2D eigenvalue weighted by molar-refractivity contribution is 6.03. The third-order valence-electron chi connectivity index (χ3n) is 5.46. The van der Waals surface area contributed by atoms with Crippen molar-refractivity contribution in [3.8, 4) is 5.75 Å². The molecule has 186 valence electrons.